The maximum atomic E-state index is 13.5. The minimum Gasteiger partial charge on any atom is -0.487 e. The lowest BCUT2D eigenvalue weighted by Crippen LogP contribution is -2.50. The number of aliphatic hydroxyl groups is 1. The van der Waals surface area contributed by atoms with Crippen molar-refractivity contribution in [2.24, 2.45) is 5.92 Å². The summed E-state index contributed by atoms with van der Waals surface area (Å²) in [5, 5.41) is 9.77. The summed E-state index contributed by atoms with van der Waals surface area (Å²) in [4.78, 5) is 22.4. The van der Waals surface area contributed by atoms with Gasteiger partial charge in [-0.05, 0) is 31.5 Å². The Balaban J connectivity index is 2.01. The summed E-state index contributed by atoms with van der Waals surface area (Å²) in [5.74, 6) is 5.69. The molecule has 0 saturated carbocycles. The van der Waals surface area contributed by atoms with Crippen LogP contribution in [0, 0.1) is 17.8 Å². The smallest absolute Gasteiger partial charge is 0.273 e. The van der Waals surface area contributed by atoms with Gasteiger partial charge in [-0.25, -0.2) is 13.4 Å². The minimum atomic E-state index is -3.94. The first-order valence-corrected chi connectivity index (χ1v) is 13.1. The Labute approximate surface area is 207 Å². The van der Waals surface area contributed by atoms with E-state index in [-0.39, 0.29) is 47.9 Å². The van der Waals surface area contributed by atoms with E-state index in [4.69, 9.17) is 4.74 Å². The number of benzene rings is 1. The molecule has 0 radical (unpaired) electrons. The zero-order chi connectivity index (χ0) is 25.6. The van der Waals surface area contributed by atoms with E-state index in [1.165, 1.54) is 33.9 Å². The summed E-state index contributed by atoms with van der Waals surface area (Å²) in [6, 6.07) is 4.16. The lowest BCUT2D eigenvalue weighted by atomic mass is 10.0. The van der Waals surface area contributed by atoms with Crippen molar-refractivity contribution in [3.63, 3.8) is 0 Å². The van der Waals surface area contributed by atoms with Crippen molar-refractivity contribution in [2.75, 3.05) is 26.7 Å². The fraction of sp³-hybridized carbons (Fsp3) is 0.480. The Hall–Kier alpha value is -3.00. The average molecular weight is 501 g/mol. The highest BCUT2D eigenvalue weighted by atomic mass is 32.2. The number of carbonyl (C=O) groups is 1. The lowest BCUT2D eigenvalue weighted by Gasteiger charge is -2.37. The van der Waals surface area contributed by atoms with Crippen molar-refractivity contribution in [3.05, 3.63) is 48.0 Å². The van der Waals surface area contributed by atoms with Gasteiger partial charge < -0.3 is 14.7 Å². The SMILES string of the molecule is CCCC#Cc1ccc2c(c1)O[C@@H](CN(C)C(=O)c1cnccn1)[C@@H](C)CN([C@H](C)CO)S2(=O)=O. The quantitative estimate of drug-likeness (QED) is 0.605. The Bertz CT molecular complexity index is 1190. The van der Waals surface area contributed by atoms with E-state index in [2.05, 4.69) is 21.8 Å². The molecule has 2 aromatic rings. The van der Waals surface area contributed by atoms with Crippen molar-refractivity contribution >= 4 is 15.9 Å². The van der Waals surface area contributed by atoms with E-state index < -0.39 is 22.2 Å². The maximum Gasteiger partial charge on any atom is 0.273 e. The molecule has 35 heavy (non-hydrogen) atoms. The first-order chi connectivity index (χ1) is 16.7. The number of nitrogens with zero attached hydrogens (tertiary/aromatic N) is 4. The van der Waals surface area contributed by atoms with Crippen LogP contribution in [0.5, 0.6) is 5.75 Å². The number of rotatable bonds is 6. The molecule has 0 aliphatic carbocycles. The summed E-state index contributed by atoms with van der Waals surface area (Å²) in [6.07, 6.45) is 5.46. The first kappa shape index (κ1) is 26.6. The van der Waals surface area contributed by atoms with Crippen LogP contribution in [0.2, 0.25) is 0 Å². The van der Waals surface area contributed by atoms with Gasteiger partial charge in [0.15, 0.2) is 0 Å². The highest BCUT2D eigenvalue weighted by Gasteiger charge is 2.38. The van der Waals surface area contributed by atoms with Crippen molar-refractivity contribution in [1.29, 1.82) is 0 Å². The highest BCUT2D eigenvalue weighted by Crippen LogP contribution is 2.34. The topological polar surface area (TPSA) is 113 Å². The number of sulfonamides is 1. The van der Waals surface area contributed by atoms with Crippen LogP contribution in [0.1, 0.15) is 49.7 Å². The second kappa shape index (κ2) is 11.6. The molecule has 1 aromatic carbocycles. The molecule has 0 bridgehead atoms. The van der Waals surface area contributed by atoms with E-state index in [0.717, 1.165) is 12.8 Å². The van der Waals surface area contributed by atoms with Gasteiger partial charge in [0.05, 0.1) is 19.3 Å². The van der Waals surface area contributed by atoms with Crippen LogP contribution < -0.4 is 4.74 Å². The van der Waals surface area contributed by atoms with E-state index in [1.807, 2.05) is 13.8 Å². The zero-order valence-corrected chi connectivity index (χ0v) is 21.3. The number of fused-ring (bicyclic) bond motifs is 1. The summed E-state index contributed by atoms with van der Waals surface area (Å²) in [7, 11) is -2.30. The standard InChI is InChI=1S/C25H32N4O5S/c1-5-6-7-8-20-9-10-24-22(13-20)34-23(16-28(4)25(31)21-14-26-11-12-27-21)18(2)15-29(19(3)17-30)35(24,32)33/h9-14,18-19,23,30H,5-6,15-17H2,1-4H3/t18-,19+,23-/m0/s1. The second-order valence-electron chi connectivity index (χ2n) is 8.73. The molecule has 188 valence electrons. The number of carbonyl (C=O) groups excluding carboxylic acids is 1. The second-order valence-corrected chi connectivity index (χ2v) is 10.6. The molecule has 1 aliphatic rings. The van der Waals surface area contributed by atoms with Gasteiger partial charge in [0, 0.05) is 49.9 Å². The fourth-order valence-corrected chi connectivity index (χ4v) is 5.59. The van der Waals surface area contributed by atoms with Gasteiger partial charge in [0.1, 0.15) is 22.4 Å². The van der Waals surface area contributed by atoms with E-state index in [0.29, 0.717) is 5.56 Å². The normalized spacial score (nSPS) is 20.3. The molecule has 1 aromatic heterocycles. The van der Waals surface area contributed by atoms with E-state index in [9.17, 15) is 18.3 Å². The molecule has 1 amide bonds. The lowest BCUT2D eigenvalue weighted by molar-refractivity contribution is 0.0559. The molecule has 0 fully saturated rings. The van der Waals surface area contributed by atoms with Crippen LogP contribution in [-0.4, -0.2) is 77.5 Å². The third kappa shape index (κ3) is 6.17. The number of hydrogen-bond acceptors (Lipinski definition) is 7. The number of ether oxygens (including phenoxy) is 1. The Morgan fingerprint density at radius 1 is 1.37 bits per heavy atom. The predicted molar refractivity (Wildman–Crippen MR) is 131 cm³/mol. The van der Waals surface area contributed by atoms with Gasteiger partial charge in [-0.2, -0.15) is 4.31 Å². The summed E-state index contributed by atoms with van der Waals surface area (Å²) < 4.78 is 34.7. The highest BCUT2D eigenvalue weighted by molar-refractivity contribution is 7.89. The molecule has 0 spiro atoms. The minimum absolute atomic E-state index is 0.0126. The molecule has 10 heteroatoms. The zero-order valence-electron chi connectivity index (χ0n) is 20.5. The number of amides is 1. The molecular formula is C25H32N4O5S. The van der Waals surface area contributed by atoms with Gasteiger partial charge >= 0.3 is 0 Å². The molecule has 9 nitrogen and oxygen atoms in total. The Morgan fingerprint density at radius 3 is 2.80 bits per heavy atom. The van der Waals surface area contributed by atoms with Crippen LogP contribution in [0.25, 0.3) is 0 Å². The van der Waals surface area contributed by atoms with E-state index in [1.54, 1.807) is 26.1 Å². The molecule has 2 heterocycles. The van der Waals surface area contributed by atoms with Gasteiger partial charge in [0.2, 0.25) is 10.0 Å². The van der Waals surface area contributed by atoms with Crippen LogP contribution in [0.4, 0.5) is 0 Å². The Morgan fingerprint density at radius 2 is 2.14 bits per heavy atom. The maximum absolute atomic E-state index is 13.5. The van der Waals surface area contributed by atoms with E-state index >= 15 is 0 Å². The van der Waals surface area contributed by atoms with Crippen LogP contribution in [0.15, 0.2) is 41.7 Å². The number of hydrogen-bond donors (Lipinski definition) is 1. The third-order valence-electron chi connectivity index (χ3n) is 5.86. The molecule has 1 N–H and O–H groups in total. The number of unbranched alkanes of at least 4 members (excludes halogenated alkanes) is 1. The van der Waals surface area contributed by atoms with Gasteiger partial charge in [-0.15, -0.1) is 0 Å². The summed E-state index contributed by atoms with van der Waals surface area (Å²) in [5.41, 5.74) is 0.852. The van der Waals surface area contributed by atoms with Gasteiger partial charge in [-0.3, -0.25) is 9.78 Å². The molecular weight excluding hydrogens is 468 g/mol. The number of aromatic nitrogens is 2. The molecule has 3 rings (SSSR count). The molecule has 0 unspecified atom stereocenters. The average Bonchev–Trinajstić information content (AvgIpc) is 2.85. The van der Waals surface area contributed by atoms with Crippen LogP contribution in [-0.2, 0) is 10.0 Å². The predicted octanol–water partition coefficient (Wildman–Crippen LogP) is 2.17. The fourth-order valence-electron chi connectivity index (χ4n) is 3.77. The summed E-state index contributed by atoms with van der Waals surface area (Å²) in [6.45, 7) is 5.57. The molecule has 1 aliphatic heterocycles. The first-order valence-electron chi connectivity index (χ1n) is 11.6. The molecule has 3 atom stereocenters. The van der Waals surface area contributed by atoms with Crippen molar-refractivity contribution in [1.82, 2.24) is 19.2 Å². The van der Waals surface area contributed by atoms with Crippen molar-refractivity contribution < 1.29 is 23.1 Å². The van der Waals surface area contributed by atoms with Crippen LogP contribution in [0.3, 0.4) is 0 Å². The van der Waals surface area contributed by atoms with Crippen LogP contribution >= 0.6 is 0 Å². The van der Waals surface area contributed by atoms with Crippen molar-refractivity contribution in [3.8, 4) is 17.6 Å². The summed E-state index contributed by atoms with van der Waals surface area (Å²) >= 11 is 0. The third-order valence-corrected chi connectivity index (χ3v) is 7.88. The largest absolute Gasteiger partial charge is 0.487 e. The number of aliphatic hydroxyl groups excluding tert-OH is 1. The van der Waals surface area contributed by atoms with Crippen molar-refractivity contribution in [2.45, 2.75) is 50.7 Å². The molecule has 0 saturated heterocycles. The monoisotopic (exact) mass is 500 g/mol. The van der Waals surface area contributed by atoms with Gasteiger partial charge in [0.25, 0.3) is 5.91 Å². The number of likely N-dealkylation sites (N-methyl/N-ethyl adjacent to an activating group) is 1. The van der Waals surface area contributed by atoms with Gasteiger partial charge in [-0.1, -0.05) is 25.7 Å². The Kier molecular flexibility index (Phi) is 8.83.